The molecule has 22 heavy (non-hydrogen) atoms. The molecule has 0 saturated heterocycles. The second kappa shape index (κ2) is 7.00. The summed E-state index contributed by atoms with van der Waals surface area (Å²) in [4.78, 5) is 12.1. The predicted octanol–water partition coefficient (Wildman–Crippen LogP) is 2.92. The fraction of sp³-hybridized carbons (Fsp3) is 0.312. The molecule has 1 aromatic rings. The van der Waals surface area contributed by atoms with E-state index in [1.54, 1.807) is 11.2 Å². The van der Waals surface area contributed by atoms with Gasteiger partial charge in [0.25, 0.3) is 0 Å². The largest absolute Gasteiger partial charge is 0.324 e. The molecule has 1 amide bonds. The van der Waals surface area contributed by atoms with E-state index in [4.69, 9.17) is 0 Å². The molecule has 0 bridgehead atoms. The maximum absolute atomic E-state index is 12.1. The number of hydrogen-bond donors (Lipinski definition) is 1. The molecule has 1 aliphatic heterocycles. The number of amides is 1. The van der Waals surface area contributed by atoms with Crippen molar-refractivity contribution in [2.24, 2.45) is 10.3 Å². The van der Waals surface area contributed by atoms with Gasteiger partial charge in [0.2, 0.25) is 5.91 Å². The molecule has 0 aliphatic carbocycles. The predicted molar refractivity (Wildman–Crippen MR) is 86.9 cm³/mol. The summed E-state index contributed by atoms with van der Waals surface area (Å²) in [6, 6.07) is 7.66. The Bertz CT molecular complexity index is 605. The minimum atomic E-state index is -0.190. The van der Waals surface area contributed by atoms with Gasteiger partial charge in [0.05, 0.1) is 0 Å². The number of carbonyl (C=O) groups excluding carboxylic acids is 1. The van der Waals surface area contributed by atoms with Gasteiger partial charge < -0.3 is 5.32 Å². The van der Waals surface area contributed by atoms with Gasteiger partial charge in [0.15, 0.2) is 6.17 Å². The summed E-state index contributed by atoms with van der Waals surface area (Å²) in [5.41, 5.74) is 2.94. The average Bonchev–Trinajstić information content (AvgIpc) is 2.83. The lowest BCUT2D eigenvalue weighted by Crippen LogP contribution is -2.42. The van der Waals surface area contributed by atoms with Gasteiger partial charge in [0.1, 0.15) is 6.54 Å². The second-order valence-corrected chi connectivity index (χ2v) is 5.24. The van der Waals surface area contributed by atoms with E-state index in [0.717, 1.165) is 16.8 Å². The van der Waals surface area contributed by atoms with Gasteiger partial charge in [-0.2, -0.15) is 10.1 Å². The number of rotatable bonds is 5. The van der Waals surface area contributed by atoms with E-state index in [1.165, 1.54) is 0 Å². The molecule has 6 heteroatoms. The highest BCUT2D eigenvalue weighted by Crippen LogP contribution is 2.20. The highest BCUT2D eigenvalue weighted by molar-refractivity contribution is 5.92. The first-order chi connectivity index (χ1) is 10.5. The Labute approximate surface area is 130 Å². The lowest BCUT2D eigenvalue weighted by Gasteiger charge is -2.25. The fourth-order valence-electron chi connectivity index (χ4n) is 2.14. The number of hydrogen-bond acceptors (Lipinski definition) is 5. The number of aryl methyl sites for hydroxylation is 1. The van der Waals surface area contributed by atoms with Crippen LogP contribution in [0.1, 0.15) is 12.5 Å². The number of benzene rings is 1. The van der Waals surface area contributed by atoms with Crippen molar-refractivity contribution >= 4 is 11.6 Å². The van der Waals surface area contributed by atoms with Crippen LogP contribution in [0, 0.1) is 6.92 Å². The van der Waals surface area contributed by atoms with Gasteiger partial charge in [-0.05, 0) is 31.6 Å². The first-order valence-electron chi connectivity index (χ1n) is 7.08. The number of allylic oxidation sites excluding steroid dienone is 2. The van der Waals surface area contributed by atoms with Crippen molar-refractivity contribution in [1.29, 1.82) is 0 Å². The summed E-state index contributed by atoms with van der Waals surface area (Å²) in [5.74, 6) is -0.138. The molecule has 1 heterocycles. The molecule has 2 rings (SSSR count). The third-order valence-corrected chi connectivity index (χ3v) is 3.39. The summed E-state index contributed by atoms with van der Waals surface area (Å²) in [6.45, 7) is 7.75. The third-order valence-electron chi connectivity index (χ3n) is 3.39. The normalized spacial score (nSPS) is 18.6. The number of anilines is 1. The Kier molecular flexibility index (Phi) is 5.06. The molecule has 1 N–H and O–H groups in total. The summed E-state index contributed by atoms with van der Waals surface area (Å²) in [7, 11) is 1.85. The van der Waals surface area contributed by atoms with Crippen molar-refractivity contribution in [3.8, 4) is 0 Å². The topological polar surface area (TPSA) is 60.3 Å². The summed E-state index contributed by atoms with van der Waals surface area (Å²) >= 11 is 0. The molecule has 1 unspecified atom stereocenters. The Morgan fingerprint density at radius 2 is 2.09 bits per heavy atom. The second-order valence-electron chi connectivity index (χ2n) is 5.24. The first kappa shape index (κ1) is 15.9. The third kappa shape index (κ3) is 3.79. The summed E-state index contributed by atoms with van der Waals surface area (Å²) < 4.78 is 0. The molecular formula is C16H21N5O. The van der Waals surface area contributed by atoms with Crippen LogP contribution in [0.5, 0.6) is 0 Å². The van der Waals surface area contributed by atoms with E-state index in [9.17, 15) is 4.79 Å². The Morgan fingerprint density at radius 3 is 2.73 bits per heavy atom. The number of likely N-dealkylation sites (N-methyl/N-ethyl adjacent to an activating group) is 1. The Morgan fingerprint density at radius 1 is 1.41 bits per heavy atom. The first-order valence-corrected chi connectivity index (χ1v) is 7.08. The van der Waals surface area contributed by atoms with Gasteiger partial charge in [-0.1, -0.05) is 41.7 Å². The monoisotopic (exact) mass is 299 g/mol. The van der Waals surface area contributed by atoms with Crippen LogP contribution >= 0.6 is 0 Å². The molecule has 1 atom stereocenters. The van der Waals surface area contributed by atoms with Gasteiger partial charge in [-0.3, -0.25) is 4.79 Å². The summed E-state index contributed by atoms with van der Waals surface area (Å²) in [5, 5.41) is 14.4. The van der Waals surface area contributed by atoms with Gasteiger partial charge in [-0.15, -0.1) is 5.11 Å². The van der Waals surface area contributed by atoms with Gasteiger partial charge >= 0.3 is 0 Å². The molecule has 0 saturated carbocycles. The van der Waals surface area contributed by atoms with Crippen molar-refractivity contribution in [2.45, 2.75) is 20.0 Å². The van der Waals surface area contributed by atoms with E-state index in [-0.39, 0.29) is 18.6 Å². The van der Waals surface area contributed by atoms with E-state index < -0.39 is 0 Å². The molecule has 0 radical (unpaired) electrons. The minimum absolute atomic E-state index is 0.117. The van der Waals surface area contributed by atoms with Crippen molar-refractivity contribution in [1.82, 2.24) is 10.1 Å². The van der Waals surface area contributed by atoms with Gasteiger partial charge in [0, 0.05) is 12.7 Å². The smallest absolute Gasteiger partial charge is 0.247 e. The van der Waals surface area contributed by atoms with E-state index in [0.29, 0.717) is 0 Å². The number of carbonyl (C=O) groups is 1. The van der Waals surface area contributed by atoms with E-state index in [1.807, 2.05) is 56.2 Å². The molecule has 1 aliphatic rings. The van der Waals surface area contributed by atoms with Crippen molar-refractivity contribution in [3.63, 3.8) is 0 Å². The minimum Gasteiger partial charge on any atom is -0.324 e. The van der Waals surface area contributed by atoms with E-state index in [2.05, 4.69) is 22.2 Å². The SMILES string of the molecule is C=C/C=C(\C)C1N=NN(CC(=O)Nc2ccc(C)cc2)N1C. The average molecular weight is 299 g/mol. The molecule has 0 aromatic heterocycles. The maximum atomic E-state index is 12.1. The Hall–Kier alpha value is -2.47. The number of nitrogens with one attached hydrogen (secondary N) is 1. The van der Waals surface area contributed by atoms with Crippen LogP contribution < -0.4 is 5.32 Å². The van der Waals surface area contributed by atoms with E-state index >= 15 is 0 Å². The molecular weight excluding hydrogens is 278 g/mol. The standard InChI is InChI=1S/C16H21N5O/c1-5-6-13(3)16-18-19-21(20(16)4)11-15(22)17-14-9-7-12(2)8-10-14/h5-10,16H,1,11H2,2-4H3,(H,17,22)/b13-6+. The van der Waals surface area contributed by atoms with Crippen LogP contribution in [0.3, 0.4) is 0 Å². The van der Waals surface area contributed by atoms with Crippen molar-refractivity contribution < 1.29 is 4.79 Å². The lowest BCUT2D eigenvalue weighted by molar-refractivity contribution is -0.121. The number of nitrogens with zero attached hydrogens (tertiary/aromatic N) is 4. The molecule has 116 valence electrons. The van der Waals surface area contributed by atoms with Crippen LogP contribution in [0.4, 0.5) is 5.69 Å². The highest BCUT2D eigenvalue weighted by atomic mass is 16.2. The fourth-order valence-corrected chi connectivity index (χ4v) is 2.14. The maximum Gasteiger partial charge on any atom is 0.247 e. The van der Waals surface area contributed by atoms with Crippen LogP contribution in [0.25, 0.3) is 0 Å². The highest BCUT2D eigenvalue weighted by Gasteiger charge is 2.28. The van der Waals surface area contributed by atoms with Gasteiger partial charge in [-0.25, -0.2) is 0 Å². The zero-order valence-corrected chi connectivity index (χ0v) is 13.2. The quantitative estimate of drug-likeness (QED) is 0.850. The molecule has 1 aromatic carbocycles. The van der Waals surface area contributed by atoms with Crippen LogP contribution in [0.15, 0.2) is 58.9 Å². The molecule has 0 spiro atoms. The molecule has 0 fully saturated rings. The van der Waals surface area contributed by atoms with Crippen molar-refractivity contribution in [3.05, 3.63) is 54.1 Å². The lowest BCUT2D eigenvalue weighted by atomic mass is 10.2. The zero-order chi connectivity index (χ0) is 16.1. The van der Waals surface area contributed by atoms with Crippen LogP contribution in [-0.4, -0.2) is 35.8 Å². The zero-order valence-electron chi connectivity index (χ0n) is 13.2. The summed E-state index contributed by atoms with van der Waals surface area (Å²) in [6.07, 6.45) is 3.41. The van der Waals surface area contributed by atoms with Crippen molar-refractivity contribution in [2.75, 3.05) is 18.9 Å². The van der Waals surface area contributed by atoms with Crippen LogP contribution in [-0.2, 0) is 4.79 Å². The molecule has 6 nitrogen and oxygen atoms in total. The van der Waals surface area contributed by atoms with Crippen LogP contribution in [0.2, 0.25) is 0 Å². The number of hydrazine groups is 1. The Balaban J connectivity index is 1.93.